The molecule has 2 N–H and O–H groups in total. The summed E-state index contributed by atoms with van der Waals surface area (Å²) in [5.74, 6) is 1.74. The van der Waals surface area contributed by atoms with Crippen molar-refractivity contribution in [2.24, 2.45) is 0 Å². The lowest BCUT2D eigenvalue weighted by atomic mass is 10.2. The minimum atomic E-state index is -0.364. The van der Waals surface area contributed by atoms with E-state index in [0.717, 1.165) is 43.1 Å². The van der Waals surface area contributed by atoms with Gasteiger partial charge in [-0.25, -0.2) is 9.97 Å². The summed E-state index contributed by atoms with van der Waals surface area (Å²) in [6.45, 7) is 2.39. The summed E-state index contributed by atoms with van der Waals surface area (Å²) in [7, 11) is 1.84. The average molecular weight is 342 g/mol. The third kappa shape index (κ3) is 4.21. The topological polar surface area (TPSA) is 96.2 Å². The number of nitrogens with one attached hydrogen (secondary N) is 2. The summed E-state index contributed by atoms with van der Waals surface area (Å²) in [4.78, 5) is 21.3. The van der Waals surface area contributed by atoms with Gasteiger partial charge in [0, 0.05) is 50.9 Å². The van der Waals surface area contributed by atoms with Gasteiger partial charge in [-0.3, -0.25) is 10.1 Å². The molecule has 1 aromatic heterocycles. The molecule has 3 rings (SSSR count). The van der Waals surface area contributed by atoms with Crippen molar-refractivity contribution in [1.82, 2.24) is 15.3 Å². The molecule has 132 valence electrons. The molecule has 1 aromatic carbocycles. The van der Waals surface area contributed by atoms with Crippen LogP contribution in [-0.2, 0) is 6.54 Å². The highest BCUT2D eigenvalue weighted by atomic mass is 16.6. The molecule has 1 aliphatic rings. The first-order valence-corrected chi connectivity index (χ1v) is 8.38. The fourth-order valence-electron chi connectivity index (χ4n) is 3.15. The number of rotatable bonds is 7. The van der Waals surface area contributed by atoms with E-state index in [1.807, 2.05) is 19.2 Å². The standard InChI is InChI=1S/C17H22N6O2/c1-18-16-9-17(21-12-20-16)22-7-3-6-15(22)11-19-10-13-4-2-5-14(8-13)23(24)25/h2,4-5,8-9,12,15,19H,3,6-7,10-11H2,1H3,(H,18,20,21). The Morgan fingerprint density at radius 2 is 2.24 bits per heavy atom. The van der Waals surface area contributed by atoms with E-state index in [-0.39, 0.29) is 10.6 Å². The molecule has 0 radical (unpaired) electrons. The Bertz CT molecular complexity index is 739. The molecule has 2 heterocycles. The van der Waals surface area contributed by atoms with Crippen molar-refractivity contribution in [3.05, 3.63) is 52.3 Å². The first kappa shape index (κ1) is 17.1. The van der Waals surface area contributed by atoms with Crippen molar-refractivity contribution in [2.45, 2.75) is 25.4 Å². The third-order valence-electron chi connectivity index (χ3n) is 4.41. The normalized spacial score (nSPS) is 16.8. The Morgan fingerprint density at radius 3 is 3.04 bits per heavy atom. The van der Waals surface area contributed by atoms with Gasteiger partial charge in [0.1, 0.15) is 18.0 Å². The fraction of sp³-hybridized carbons (Fsp3) is 0.412. The number of hydrogen-bond donors (Lipinski definition) is 2. The third-order valence-corrected chi connectivity index (χ3v) is 4.41. The highest BCUT2D eigenvalue weighted by molar-refractivity contribution is 5.49. The van der Waals surface area contributed by atoms with Crippen LogP contribution in [0.1, 0.15) is 18.4 Å². The Kier molecular flexibility index (Phi) is 5.39. The highest BCUT2D eigenvalue weighted by Crippen LogP contribution is 2.24. The maximum absolute atomic E-state index is 10.8. The molecule has 1 aliphatic heterocycles. The number of aromatic nitrogens is 2. The zero-order valence-corrected chi connectivity index (χ0v) is 14.2. The molecule has 0 spiro atoms. The van der Waals surface area contributed by atoms with Crippen LogP contribution in [0.15, 0.2) is 36.7 Å². The summed E-state index contributed by atoms with van der Waals surface area (Å²) in [6.07, 6.45) is 3.80. The van der Waals surface area contributed by atoms with Gasteiger partial charge in [-0.15, -0.1) is 0 Å². The second-order valence-corrected chi connectivity index (χ2v) is 6.06. The van der Waals surface area contributed by atoms with Gasteiger partial charge >= 0.3 is 0 Å². The van der Waals surface area contributed by atoms with Crippen LogP contribution in [0.25, 0.3) is 0 Å². The molecule has 1 atom stereocenters. The molecule has 0 saturated carbocycles. The zero-order valence-electron chi connectivity index (χ0n) is 14.2. The highest BCUT2D eigenvalue weighted by Gasteiger charge is 2.25. The monoisotopic (exact) mass is 342 g/mol. The number of hydrogen-bond acceptors (Lipinski definition) is 7. The Balaban J connectivity index is 1.58. The summed E-state index contributed by atoms with van der Waals surface area (Å²) in [5, 5.41) is 17.3. The largest absolute Gasteiger partial charge is 0.373 e. The minimum absolute atomic E-state index is 0.127. The Morgan fingerprint density at radius 1 is 1.36 bits per heavy atom. The van der Waals surface area contributed by atoms with Crippen LogP contribution >= 0.6 is 0 Å². The van der Waals surface area contributed by atoms with Crippen LogP contribution in [0.3, 0.4) is 0 Å². The van der Waals surface area contributed by atoms with Crippen molar-refractivity contribution in [3.8, 4) is 0 Å². The maximum atomic E-state index is 10.8. The van der Waals surface area contributed by atoms with E-state index in [0.29, 0.717) is 12.6 Å². The second-order valence-electron chi connectivity index (χ2n) is 6.06. The van der Waals surface area contributed by atoms with Crippen molar-refractivity contribution in [1.29, 1.82) is 0 Å². The van der Waals surface area contributed by atoms with Crippen LogP contribution in [-0.4, -0.2) is 41.1 Å². The van der Waals surface area contributed by atoms with Crippen molar-refractivity contribution in [2.75, 3.05) is 30.4 Å². The molecule has 0 aliphatic carbocycles. The number of anilines is 2. The average Bonchev–Trinajstić information content (AvgIpc) is 3.10. The van der Waals surface area contributed by atoms with Gasteiger partial charge in [0.15, 0.2) is 0 Å². The molecule has 8 heteroatoms. The molecular formula is C17H22N6O2. The SMILES string of the molecule is CNc1cc(N2CCCC2CNCc2cccc([N+](=O)[O-])c2)ncn1. The smallest absolute Gasteiger partial charge is 0.269 e. The summed E-state index contributed by atoms with van der Waals surface area (Å²) < 4.78 is 0. The van der Waals surface area contributed by atoms with Crippen LogP contribution in [0.5, 0.6) is 0 Å². The summed E-state index contributed by atoms with van der Waals surface area (Å²) in [6, 6.07) is 9.06. The number of nitro benzene ring substituents is 1. The second kappa shape index (κ2) is 7.89. The predicted molar refractivity (Wildman–Crippen MR) is 96.7 cm³/mol. The van der Waals surface area contributed by atoms with E-state index in [9.17, 15) is 10.1 Å². The Labute approximate surface area is 146 Å². The summed E-state index contributed by atoms with van der Waals surface area (Å²) >= 11 is 0. The van der Waals surface area contributed by atoms with Crippen molar-refractivity contribution >= 4 is 17.3 Å². The Hall–Kier alpha value is -2.74. The molecule has 0 amide bonds. The van der Waals surface area contributed by atoms with Gasteiger partial charge in [-0.2, -0.15) is 0 Å². The lowest BCUT2D eigenvalue weighted by Gasteiger charge is -2.26. The lowest BCUT2D eigenvalue weighted by molar-refractivity contribution is -0.384. The first-order valence-electron chi connectivity index (χ1n) is 8.38. The van der Waals surface area contributed by atoms with Gasteiger partial charge in [0.25, 0.3) is 5.69 Å². The molecule has 1 saturated heterocycles. The van der Waals surface area contributed by atoms with Gasteiger partial charge < -0.3 is 15.5 Å². The molecule has 8 nitrogen and oxygen atoms in total. The van der Waals surface area contributed by atoms with Gasteiger partial charge in [0.2, 0.25) is 0 Å². The van der Waals surface area contributed by atoms with E-state index in [2.05, 4.69) is 25.5 Å². The van der Waals surface area contributed by atoms with E-state index in [1.54, 1.807) is 18.5 Å². The number of non-ortho nitro benzene ring substituents is 1. The molecule has 25 heavy (non-hydrogen) atoms. The van der Waals surface area contributed by atoms with Crippen LogP contribution < -0.4 is 15.5 Å². The lowest BCUT2D eigenvalue weighted by Crippen LogP contribution is -2.38. The number of benzene rings is 1. The van der Waals surface area contributed by atoms with Gasteiger partial charge in [-0.1, -0.05) is 12.1 Å². The van der Waals surface area contributed by atoms with E-state index in [1.165, 1.54) is 6.07 Å². The van der Waals surface area contributed by atoms with E-state index >= 15 is 0 Å². The molecule has 0 bridgehead atoms. The van der Waals surface area contributed by atoms with Crippen LogP contribution in [0.2, 0.25) is 0 Å². The molecule has 1 unspecified atom stereocenters. The van der Waals surface area contributed by atoms with Crippen molar-refractivity contribution < 1.29 is 4.92 Å². The van der Waals surface area contributed by atoms with Crippen LogP contribution in [0, 0.1) is 10.1 Å². The summed E-state index contributed by atoms with van der Waals surface area (Å²) in [5.41, 5.74) is 1.04. The maximum Gasteiger partial charge on any atom is 0.269 e. The zero-order chi connectivity index (χ0) is 17.6. The fourth-order valence-corrected chi connectivity index (χ4v) is 3.15. The number of nitrogens with zero attached hydrogens (tertiary/aromatic N) is 4. The predicted octanol–water partition coefficient (Wildman–Crippen LogP) is 2.19. The van der Waals surface area contributed by atoms with E-state index in [4.69, 9.17) is 0 Å². The quantitative estimate of drug-likeness (QED) is 0.588. The van der Waals surface area contributed by atoms with Crippen molar-refractivity contribution in [3.63, 3.8) is 0 Å². The molecule has 1 fully saturated rings. The van der Waals surface area contributed by atoms with Crippen LogP contribution in [0.4, 0.5) is 17.3 Å². The number of nitro groups is 1. The first-order chi connectivity index (χ1) is 12.2. The molecular weight excluding hydrogens is 320 g/mol. The van der Waals surface area contributed by atoms with E-state index < -0.39 is 0 Å². The molecule has 2 aromatic rings. The van der Waals surface area contributed by atoms with Gasteiger partial charge in [0.05, 0.1) is 4.92 Å². The van der Waals surface area contributed by atoms with Gasteiger partial charge in [-0.05, 0) is 18.4 Å². The minimum Gasteiger partial charge on any atom is -0.373 e.